The van der Waals surface area contributed by atoms with Crippen molar-refractivity contribution in [3.8, 4) is 0 Å². The second-order valence-corrected chi connectivity index (χ2v) is 3.95. The summed E-state index contributed by atoms with van der Waals surface area (Å²) < 4.78 is 0. The van der Waals surface area contributed by atoms with Gasteiger partial charge in [0.25, 0.3) is 11.6 Å². The average molecular weight is 277 g/mol. The molecule has 2 rings (SSSR count). The van der Waals surface area contributed by atoms with Crippen LogP contribution in [0.15, 0.2) is 18.6 Å². The van der Waals surface area contributed by atoms with Crippen molar-refractivity contribution < 1.29 is 9.72 Å². The molecule has 0 aliphatic carbocycles. The molecule has 0 aromatic carbocycles. The molecule has 2 aromatic rings. The Hall–Kier alpha value is -3.04. The van der Waals surface area contributed by atoms with Crippen LogP contribution in [0.4, 0.5) is 11.5 Å². The topological polar surface area (TPSA) is 153 Å². The number of rotatable bonds is 4. The van der Waals surface area contributed by atoms with Gasteiger partial charge in [0, 0.05) is 0 Å². The molecule has 20 heavy (non-hydrogen) atoms. The lowest BCUT2D eigenvalue weighted by molar-refractivity contribution is -0.385. The number of anilines is 1. The van der Waals surface area contributed by atoms with E-state index in [1.54, 1.807) is 6.92 Å². The molecule has 0 aliphatic rings. The molecule has 1 unspecified atom stereocenters. The van der Waals surface area contributed by atoms with Gasteiger partial charge in [0.1, 0.15) is 29.7 Å². The minimum atomic E-state index is -0.694. The van der Waals surface area contributed by atoms with E-state index in [0.29, 0.717) is 5.82 Å². The van der Waals surface area contributed by atoms with Crippen molar-refractivity contribution in [3.63, 3.8) is 0 Å². The van der Waals surface area contributed by atoms with Crippen LogP contribution in [-0.4, -0.2) is 31.0 Å². The number of hydrogen-bond donors (Lipinski definition) is 3. The van der Waals surface area contributed by atoms with Gasteiger partial charge < -0.3 is 11.1 Å². The van der Waals surface area contributed by atoms with E-state index in [4.69, 9.17) is 5.73 Å². The molecular formula is C10H11N7O3. The standard InChI is InChI=1S/C10H11N7O3/c1-5(9-13-4-14-16-9)15-10(18)6-2-8(11)12-3-7(6)17(19)20/h2-5H,1H3,(H2,11,12)(H,15,18)(H,13,14,16). The fourth-order valence-corrected chi connectivity index (χ4v) is 1.56. The third kappa shape index (κ3) is 2.68. The number of amides is 1. The first-order valence-electron chi connectivity index (χ1n) is 5.55. The number of aromatic nitrogens is 4. The second kappa shape index (κ2) is 5.30. The minimum absolute atomic E-state index is 0.0214. The summed E-state index contributed by atoms with van der Waals surface area (Å²) in [6, 6.07) is 0.666. The van der Waals surface area contributed by atoms with Gasteiger partial charge in [0.05, 0.1) is 11.0 Å². The number of pyridine rings is 1. The number of nitrogen functional groups attached to an aromatic ring is 1. The van der Waals surface area contributed by atoms with Gasteiger partial charge in [-0.3, -0.25) is 20.0 Å². The van der Waals surface area contributed by atoms with Crippen LogP contribution in [0.5, 0.6) is 0 Å². The third-order valence-corrected chi connectivity index (χ3v) is 2.54. The van der Waals surface area contributed by atoms with Crippen LogP contribution >= 0.6 is 0 Å². The van der Waals surface area contributed by atoms with Gasteiger partial charge in [-0.25, -0.2) is 9.97 Å². The maximum absolute atomic E-state index is 12.1. The highest BCUT2D eigenvalue weighted by atomic mass is 16.6. The molecule has 10 heteroatoms. The summed E-state index contributed by atoms with van der Waals surface area (Å²) in [5.74, 6) is -0.189. The van der Waals surface area contributed by atoms with Gasteiger partial charge in [0.2, 0.25) is 0 Å². The normalized spacial score (nSPS) is 11.8. The molecule has 0 radical (unpaired) electrons. The van der Waals surface area contributed by atoms with E-state index < -0.39 is 22.6 Å². The third-order valence-electron chi connectivity index (χ3n) is 2.54. The highest BCUT2D eigenvalue weighted by Gasteiger charge is 2.23. The molecule has 2 heterocycles. The van der Waals surface area contributed by atoms with Crippen molar-refractivity contribution in [1.29, 1.82) is 0 Å². The van der Waals surface area contributed by atoms with E-state index in [2.05, 4.69) is 25.5 Å². The van der Waals surface area contributed by atoms with Crippen LogP contribution in [0, 0.1) is 10.1 Å². The van der Waals surface area contributed by atoms with E-state index >= 15 is 0 Å². The van der Waals surface area contributed by atoms with E-state index in [-0.39, 0.29) is 11.4 Å². The summed E-state index contributed by atoms with van der Waals surface area (Å²) in [6.45, 7) is 1.66. The Morgan fingerprint density at radius 1 is 1.55 bits per heavy atom. The number of carbonyl (C=O) groups is 1. The average Bonchev–Trinajstić information content (AvgIpc) is 2.92. The molecule has 104 valence electrons. The molecule has 0 saturated heterocycles. The monoisotopic (exact) mass is 277 g/mol. The largest absolute Gasteiger partial charge is 0.384 e. The molecule has 0 fully saturated rings. The molecule has 0 bridgehead atoms. The Labute approximate surface area is 112 Å². The molecule has 10 nitrogen and oxygen atoms in total. The van der Waals surface area contributed by atoms with Crippen molar-refractivity contribution in [2.75, 3.05) is 5.73 Å². The Bertz CT molecular complexity index is 640. The predicted octanol–water partition coefficient (Wildman–Crippen LogP) is 0.181. The first-order valence-corrected chi connectivity index (χ1v) is 5.55. The lowest BCUT2D eigenvalue weighted by Crippen LogP contribution is -2.28. The van der Waals surface area contributed by atoms with Crippen LogP contribution in [0.3, 0.4) is 0 Å². The minimum Gasteiger partial charge on any atom is -0.384 e. The molecule has 4 N–H and O–H groups in total. The molecule has 1 amide bonds. The van der Waals surface area contributed by atoms with Crippen molar-refractivity contribution in [2.45, 2.75) is 13.0 Å². The predicted molar refractivity (Wildman–Crippen MR) is 67.6 cm³/mol. The van der Waals surface area contributed by atoms with Crippen LogP contribution < -0.4 is 11.1 Å². The molecular weight excluding hydrogens is 266 g/mol. The van der Waals surface area contributed by atoms with Crippen LogP contribution in [0.2, 0.25) is 0 Å². The van der Waals surface area contributed by atoms with Gasteiger partial charge in [-0.05, 0) is 13.0 Å². The Kier molecular flexibility index (Phi) is 3.55. The van der Waals surface area contributed by atoms with Crippen molar-refractivity contribution in [1.82, 2.24) is 25.5 Å². The zero-order valence-electron chi connectivity index (χ0n) is 10.4. The summed E-state index contributed by atoms with van der Waals surface area (Å²) in [4.78, 5) is 29.7. The smallest absolute Gasteiger partial charge is 0.300 e. The van der Waals surface area contributed by atoms with E-state index in [9.17, 15) is 14.9 Å². The van der Waals surface area contributed by atoms with Gasteiger partial charge in [-0.2, -0.15) is 5.10 Å². The summed E-state index contributed by atoms with van der Waals surface area (Å²) in [5.41, 5.74) is 4.87. The number of nitro groups is 1. The van der Waals surface area contributed by atoms with Crippen molar-refractivity contribution >= 4 is 17.4 Å². The number of hydrogen-bond acceptors (Lipinski definition) is 7. The molecule has 1 atom stereocenters. The SMILES string of the molecule is CC(NC(=O)c1cc(N)ncc1[N+](=O)[O-])c1ncn[nH]1. The number of nitrogens with one attached hydrogen (secondary N) is 2. The zero-order chi connectivity index (χ0) is 14.7. The quantitative estimate of drug-likeness (QED) is 0.532. The maximum Gasteiger partial charge on any atom is 0.300 e. The summed E-state index contributed by atoms with van der Waals surface area (Å²) in [6.07, 6.45) is 2.24. The highest BCUT2D eigenvalue weighted by Crippen LogP contribution is 2.19. The van der Waals surface area contributed by atoms with E-state index in [1.165, 1.54) is 6.33 Å². The second-order valence-electron chi connectivity index (χ2n) is 3.95. The van der Waals surface area contributed by atoms with Gasteiger partial charge in [0.15, 0.2) is 0 Å². The van der Waals surface area contributed by atoms with Crippen LogP contribution in [0.1, 0.15) is 29.1 Å². The molecule has 0 aliphatic heterocycles. The van der Waals surface area contributed by atoms with Gasteiger partial charge >= 0.3 is 0 Å². The lowest BCUT2D eigenvalue weighted by atomic mass is 10.2. The Morgan fingerprint density at radius 3 is 2.90 bits per heavy atom. The Balaban J connectivity index is 2.25. The number of nitrogens with two attached hydrogens (primary N) is 1. The molecule has 2 aromatic heterocycles. The number of nitrogens with zero attached hydrogens (tertiary/aromatic N) is 4. The van der Waals surface area contributed by atoms with Crippen LogP contribution in [0.25, 0.3) is 0 Å². The zero-order valence-corrected chi connectivity index (χ0v) is 10.4. The van der Waals surface area contributed by atoms with Crippen LogP contribution in [-0.2, 0) is 0 Å². The van der Waals surface area contributed by atoms with Gasteiger partial charge in [-0.1, -0.05) is 0 Å². The lowest BCUT2D eigenvalue weighted by Gasteiger charge is -2.11. The fourth-order valence-electron chi connectivity index (χ4n) is 1.56. The van der Waals surface area contributed by atoms with E-state index in [1.807, 2.05) is 0 Å². The summed E-state index contributed by atoms with van der Waals surface area (Å²) in [5, 5.41) is 19.7. The van der Waals surface area contributed by atoms with Crippen molar-refractivity contribution in [2.24, 2.45) is 0 Å². The number of H-pyrrole nitrogens is 1. The number of carbonyl (C=O) groups excluding carboxylic acids is 1. The van der Waals surface area contributed by atoms with Gasteiger partial charge in [-0.15, -0.1) is 0 Å². The first kappa shape index (κ1) is 13.4. The van der Waals surface area contributed by atoms with Crippen molar-refractivity contribution in [3.05, 3.63) is 40.1 Å². The number of aromatic amines is 1. The van der Waals surface area contributed by atoms with E-state index in [0.717, 1.165) is 12.3 Å². The Morgan fingerprint density at radius 2 is 2.30 bits per heavy atom. The maximum atomic E-state index is 12.1. The molecule has 0 saturated carbocycles. The molecule has 0 spiro atoms. The first-order chi connectivity index (χ1) is 9.49. The summed E-state index contributed by atoms with van der Waals surface area (Å²) >= 11 is 0. The fraction of sp³-hybridized carbons (Fsp3) is 0.200. The highest BCUT2D eigenvalue weighted by molar-refractivity contribution is 5.98. The summed E-state index contributed by atoms with van der Waals surface area (Å²) in [7, 11) is 0.